The zero-order valence-corrected chi connectivity index (χ0v) is 25.4. The first-order valence-corrected chi connectivity index (χ1v) is 16.0. The van der Waals surface area contributed by atoms with Crippen molar-refractivity contribution in [3.8, 4) is 34.0 Å². The summed E-state index contributed by atoms with van der Waals surface area (Å²) >= 11 is 0. The van der Waals surface area contributed by atoms with Crippen LogP contribution in [-0.4, -0.2) is 4.57 Å². The number of hydrogen-bond acceptors (Lipinski definition) is 1. The van der Waals surface area contributed by atoms with E-state index in [4.69, 9.17) is 0 Å². The van der Waals surface area contributed by atoms with Crippen molar-refractivity contribution < 1.29 is 0 Å². The van der Waals surface area contributed by atoms with Crippen LogP contribution in [0.1, 0.15) is 5.56 Å². The minimum Gasteiger partial charge on any atom is -0.309 e. The lowest BCUT2D eigenvalue weighted by atomic mass is 9.89. The third-order valence-electron chi connectivity index (χ3n) is 9.89. The minimum atomic E-state index is 0.670. The second-order valence-electron chi connectivity index (χ2n) is 12.5. The largest absolute Gasteiger partial charge is 0.309 e. The number of nitriles is 1. The van der Waals surface area contributed by atoms with E-state index < -0.39 is 0 Å². The zero-order chi connectivity index (χ0) is 31.1. The van der Waals surface area contributed by atoms with Gasteiger partial charge in [0, 0.05) is 16.5 Å². The van der Waals surface area contributed by atoms with Gasteiger partial charge in [-0.2, -0.15) is 5.26 Å². The Balaban J connectivity index is 1.24. The van der Waals surface area contributed by atoms with Crippen LogP contribution >= 0.6 is 0 Å². The molecule has 0 saturated heterocycles. The van der Waals surface area contributed by atoms with Gasteiger partial charge in [-0.15, -0.1) is 0 Å². The Labute approximate surface area is 271 Å². The molecule has 0 saturated carbocycles. The molecule has 0 N–H and O–H groups in total. The van der Waals surface area contributed by atoms with Crippen LogP contribution in [0.25, 0.3) is 92.8 Å². The fraction of sp³-hybridized carbons (Fsp3) is 0. The smallest absolute Gasteiger partial charge is 0.0992 e. The summed E-state index contributed by atoms with van der Waals surface area (Å²) in [6.45, 7) is 0. The number of fused-ring (bicyclic) bond motifs is 5. The van der Waals surface area contributed by atoms with Crippen molar-refractivity contribution >= 4 is 64.9 Å². The molecule has 0 bridgehead atoms. The number of benzene rings is 9. The quantitative estimate of drug-likeness (QED) is 0.187. The van der Waals surface area contributed by atoms with Crippen LogP contribution in [0.4, 0.5) is 0 Å². The molecule has 0 fully saturated rings. The average molecular weight is 595 g/mol. The summed E-state index contributed by atoms with van der Waals surface area (Å²) in [5, 5.41) is 22.2. The van der Waals surface area contributed by atoms with Crippen LogP contribution in [0.2, 0.25) is 0 Å². The molecule has 1 aromatic heterocycles. The van der Waals surface area contributed by atoms with Crippen LogP contribution in [0.15, 0.2) is 158 Å². The maximum absolute atomic E-state index is 9.87. The molecule has 0 aliphatic rings. The molecule has 0 spiro atoms. The van der Waals surface area contributed by atoms with E-state index in [1.54, 1.807) is 0 Å². The lowest BCUT2D eigenvalue weighted by Crippen LogP contribution is -1.94. The van der Waals surface area contributed by atoms with Gasteiger partial charge in [0.1, 0.15) is 0 Å². The number of rotatable bonds is 3. The SMILES string of the molecule is N#Cc1cc2ccc3cc(-c4cccc(-c5cc6c7ccccc7ccc6c6ccccc56)c4)cc4c3c2c(c1)n4-c1ccccc1. The van der Waals surface area contributed by atoms with Crippen molar-refractivity contribution in [2.45, 2.75) is 0 Å². The van der Waals surface area contributed by atoms with Gasteiger partial charge in [0.25, 0.3) is 0 Å². The topological polar surface area (TPSA) is 28.7 Å². The van der Waals surface area contributed by atoms with E-state index in [1.807, 2.05) is 18.2 Å². The molecule has 216 valence electrons. The summed E-state index contributed by atoms with van der Waals surface area (Å²) < 4.78 is 2.32. The normalized spacial score (nSPS) is 11.8. The average Bonchev–Trinajstić information content (AvgIpc) is 3.48. The van der Waals surface area contributed by atoms with E-state index in [-0.39, 0.29) is 0 Å². The summed E-state index contributed by atoms with van der Waals surface area (Å²) in [5.41, 5.74) is 8.73. The van der Waals surface area contributed by atoms with Gasteiger partial charge >= 0.3 is 0 Å². The molecule has 0 aliphatic heterocycles. The van der Waals surface area contributed by atoms with Crippen molar-refractivity contribution in [2.24, 2.45) is 0 Å². The highest BCUT2D eigenvalue weighted by Crippen LogP contribution is 2.43. The molecule has 0 amide bonds. The van der Waals surface area contributed by atoms with E-state index in [0.29, 0.717) is 5.56 Å². The summed E-state index contributed by atoms with van der Waals surface area (Å²) in [4.78, 5) is 0. The van der Waals surface area contributed by atoms with Gasteiger partial charge in [-0.1, -0.05) is 109 Å². The van der Waals surface area contributed by atoms with E-state index >= 15 is 0 Å². The molecule has 1 heterocycles. The molecule has 9 aromatic carbocycles. The van der Waals surface area contributed by atoms with Crippen LogP contribution in [0.5, 0.6) is 0 Å². The Bertz CT molecular complexity index is 2900. The number of nitrogens with zero attached hydrogens (tertiary/aromatic N) is 2. The van der Waals surface area contributed by atoms with Gasteiger partial charge in [0.05, 0.1) is 22.7 Å². The maximum atomic E-state index is 9.87. The minimum absolute atomic E-state index is 0.670. The first-order valence-electron chi connectivity index (χ1n) is 16.0. The van der Waals surface area contributed by atoms with E-state index in [2.05, 4.69) is 150 Å². The lowest BCUT2D eigenvalue weighted by molar-refractivity contribution is 1.18. The van der Waals surface area contributed by atoms with Crippen LogP contribution in [0.3, 0.4) is 0 Å². The third-order valence-corrected chi connectivity index (χ3v) is 9.89. The Morgan fingerprint density at radius 1 is 0.404 bits per heavy atom. The summed E-state index contributed by atoms with van der Waals surface area (Å²) in [6.07, 6.45) is 0. The number of hydrogen-bond donors (Lipinski definition) is 0. The fourth-order valence-corrected chi connectivity index (χ4v) is 7.82. The van der Waals surface area contributed by atoms with E-state index in [1.165, 1.54) is 70.7 Å². The van der Waals surface area contributed by atoms with Crippen molar-refractivity contribution in [1.82, 2.24) is 4.57 Å². The van der Waals surface area contributed by atoms with Gasteiger partial charge in [0.15, 0.2) is 0 Å². The third kappa shape index (κ3) is 3.78. The molecule has 0 radical (unpaired) electrons. The Morgan fingerprint density at radius 3 is 1.89 bits per heavy atom. The molecule has 0 atom stereocenters. The molecule has 10 aromatic rings. The zero-order valence-electron chi connectivity index (χ0n) is 25.4. The van der Waals surface area contributed by atoms with Crippen LogP contribution < -0.4 is 0 Å². The number of para-hydroxylation sites is 1. The maximum Gasteiger partial charge on any atom is 0.0992 e. The predicted octanol–water partition coefficient (Wildman–Crippen LogP) is 12.0. The Morgan fingerprint density at radius 2 is 1.06 bits per heavy atom. The monoisotopic (exact) mass is 594 g/mol. The molecule has 0 aliphatic carbocycles. The van der Waals surface area contributed by atoms with Gasteiger partial charge in [-0.25, -0.2) is 0 Å². The van der Waals surface area contributed by atoms with Crippen molar-refractivity contribution in [3.05, 3.63) is 163 Å². The van der Waals surface area contributed by atoms with E-state index in [9.17, 15) is 5.26 Å². The highest BCUT2D eigenvalue weighted by molar-refractivity contribution is 6.25. The van der Waals surface area contributed by atoms with Crippen molar-refractivity contribution in [3.63, 3.8) is 0 Å². The molecule has 47 heavy (non-hydrogen) atoms. The van der Waals surface area contributed by atoms with Crippen LogP contribution in [0, 0.1) is 11.3 Å². The van der Waals surface area contributed by atoms with Crippen LogP contribution in [-0.2, 0) is 0 Å². The first-order chi connectivity index (χ1) is 23.2. The fourth-order valence-electron chi connectivity index (χ4n) is 7.82. The lowest BCUT2D eigenvalue weighted by Gasteiger charge is -2.14. The van der Waals surface area contributed by atoms with E-state index in [0.717, 1.165) is 22.1 Å². The summed E-state index contributed by atoms with van der Waals surface area (Å²) in [5.74, 6) is 0. The second-order valence-corrected chi connectivity index (χ2v) is 12.5. The number of aromatic nitrogens is 1. The predicted molar refractivity (Wildman–Crippen MR) is 198 cm³/mol. The molecule has 0 unspecified atom stereocenters. The molecule has 2 heteroatoms. The summed E-state index contributed by atoms with van der Waals surface area (Å²) in [7, 11) is 0. The summed E-state index contributed by atoms with van der Waals surface area (Å²) in [6, 6.07) is 59.2. The van der Waals surface area contributed by atoms with Gasteiger partial charge < -0.3 is 4.57 Å². The highest BCUT2D eigenvalue weighted by Gasteiger charge is 2.19. The first kappa shape index (κ1) is 25.9. The van der Waals surface area contributed by atoms with Gasteiger partial charge in [0.2, 0.25) is 0 Å². The standard InChI is InChI=1S/C45H26N2/c46-27-28-21-32-17-18-33-24-34(25-43-45(33)44(32)42(22-28)47(43)35-12-2-1-3-13-35)30-10-8-11-31(23-30)40-26-41-36-14-5-4-9-29(36)19-20-39(41)37-15-6-7-16-38(37)40/h1-26H. The molecular weight excluding hydrogens is 569 g/mol. The second kappa shape index (κ2) is 9.78. The molecular formula is C45H26N2. The van der Waals surface area contributed by atoms with Crippen molar-refractivity contribution in [1.29, 1.82) is 5.26 Å². The molecule has 2 nitrogen and oxygen atoms in total. The Kier molecular flexibility index (Phi) is 5.38. The molecule has 10 rings (SSSR count). The van der Waals surface area contributed by atoms with Crippen molar-refractivity contribution in [2.75, 3.05) is 0 Å². The highest BCUT2D eigenvalue weighted by atomic mass is 15.0. The van der Waals surface area contributed by atoms with Gasteiger partial charge in [-0.3, -0.25) is 0 Å². The Hall–Kier alpha value is -6.43. The van der Waals surface area contributed by atoms with Gasteiger partial charge in [-0.05, 0) is 114 Å².